The zero-order valence-electron chi connectivity index (χ0n) is 21.0. The van der Waals surface area contributed by atoms with Gasteiger partial charge in [-0.25, -0.2) is 14.8 Å². The molecule has 4 heterocycles. The fourth-order valence-corrected chi connectivity index (χ4v) is 4.39. The molecule has 0 saturated carbocycles. The molecule has 2 aromatic heterocycles. The van der Waals surface area contributed by atoms with E-state index in [0.29, 0.717) is 69.2 Å². The van der Waals surface area contributed by atoms with Gasteiger partial charge in [-0.05, 0) is 30.0 Å². The molecule has 1 saturated heterocycles. The van der Waals surface area contributed by atoms with Crippen molar-refractivity contribution in [2.45, 2.75) is 19.4 Å². The molecule has 0 aliphatic carbocycles. The van der Waals surface area contributed by atoms with Gasteiger partial charge in [0.05, 0.1) is 24.4 Å². The van der Waals surface area contributed by atoms with Gasteiger partial charge in [0.2, 0.25) is 5.91 Å². The summed E-state index contributed by atoms with van der Waals surface area (Å²) >= 11 is 0. The lowest BCUT2D eigenvalue weighted by atomic mass is 10.0. The molecule has 2 aliphatic heterocycles. The molecular formula is C25H30N8O4. The van der Waals surface area contributed by atoms with Crippen LogP contribution < -0.4 is 15.5 Å². The maximum absolute atomic E-state index is 13.2. The first-order chi connectivity index (χ1) is 17.9. The summed E-state index contributed by atoms with van der Waals surface area (Å²) in [5, 5.41) is 15.2. The fourth-order valence-electron chi connectivity index (χ4n) is 4.39. The number of methoxy groups -OCH3 is 1. The number of urea groups is 1. The second kappa shape index (κ2) is 11.8. The van der Waals surface area contributed by atoms with Gasteiger partial charge in [-0.15, -0.1) is 0 Å². The average molecular weight is 507 g/mol. The van der Waals surface area contributed by atoms with Crippen molar-refractivity contribution in [1.29, 1.82) is 5.26 Å². The molecule has 4 rings (SSSR count). The largest absolute Gasteiger partial charge is 0.383 e. The third-order valence-electron chi connectivity index (χ3n) is 6.44. The number of amides is 3. The number of piperazine rings is 1. The molecule has 0 radical (unpaired) electrons. The van der Waals surface area contributed by atoms with Crippen LogP contribution in [0.25, 0.3) is 0 Å². The third-order valence-corrected chi connectivity index (χ3v) is 6.44. The average Bonchev–Trinajstić information content (AvgIpc) is 2.90. The van der Waals surface area contributed by atoms with E-state index in [0.717, 1.165) is 24.0 Å². The van der Waals surface area contributed by atoms with Gasteiger partial charge in [0.1, 0.15) is 23.4 Å². The zero-order valence-corrected chi connectivity index (χ0v) is 21.0. The molecule has 0 aromatic carbocycles. The zero-order chi connectivity index (χ0) is 26.4. The normalized spacial score (nSPS) is 15.6. The Labute approximate surface area is 215 Å². The number of anilines is 3. The topological polar surface area (TPSA) is 144 Å². The van der Waals surface area contributed by atoms with Gasteiger partial charge in [-0.3, -0.25) is 24.7 Å². The Kier molecular flexibility index (Phi) is 8.27. The highest BCUT2D eigenvalue weighted by Gasteiger charge is 2.28. The Hall–Kier alpha value is -4.08. The van der Waals surface area contributed by atoms with Crippen LogP contribution in [0.4, 0.5) is 22.1 Å². The number of rotatable bonds is 8. The summed E-state index contributed by atoms with van der Waals surface area (Å²) in [4.78, 5) is 51.2. The number of nitriles is 1. The Morgan fingerprint density at radius 2 is 2.14 bits per heavy atom. The van der Waals surface area contributed by atoms with Crippen molar-refractivity contribution in [2.24, 2.45) is 0 Å². The van der Waals surface area contributed by atoms with Crippen LogP contribution in [0.2, 0.25) is 0 Å². The number of aldehydes is 1. The molecule has 12 nitrogen and oxygen atoms in total. The molecule has 0 spiro atoms. The van der Waals surface area contributed by atoms with Crippen LogP contribution in [0.5, 0.6) is 0 Å². The number of aryl methyl sites for hydroxylation is 1. The second-order valence-corrected chi connectivity index (χ2v) is 8.99. The van der Waals surface area contributed by atoms with Gasteiger partial charge in [-0.1, -0.05) is 0 Å². The summed E-state index contributed by atoms with van der Waals surface area (Å²) in [5.74, 6) is 0.764. The number of aromatic nitrogens is 2. The molecule has 3 amide bonds. The van der Waals surface area contributed by atoms with E-state index < -0.39 is 6.03 Å². The Morgan fingerprint density at radius 3 is 2.86 bits per heavy atom. The lowest BCUT2D eigenvalue weighted by molar-refractivity contribution is -0.134. The van der Waals surface area contributed by atoms with Gasteiger partial charge >= 0.3 is 6.03 Å². The number of nitrogens with one attached hydrogen (secondary N) is 2. The number of fused-ring (bicyclic) bond motifs is 1. The summed E-state index contributed by atoms with van der Waals surface area (Å²) in [6, 6.07) is 5.17. The first-order valence-corrected chi connectivity index (χ1v) is 12.1. The van der Waals surface area contributed by atoms with E-state index in [1.807, 2.05) is 11.0 Å². The van der Waals surface area contributed by atoms with E-state index in [-0.39, 0.29) is 17.4 Å². The van der Waals surface area contributed by atoms with E-state index in [1.165, 1.54) is 11.1 Å². The minimum atomic E-state index is -0.428. The third kappa shape index (κ3) is 6.02. The van der Waals surface area contributed by atoms with Gasteiger partial charge < -0.3 is 15.0 Å². The van der Waals surface area contributed by atoms with E-state index in [2.05, 4.69) is 26.7 Å². The predicted octanol–water partition coefficient (Wildman–Crippen LogP) is 1.48. The minimum Gasteiger partial charge on any atom is -0.383 e. The number of ether oxygens (including phenoxy) is 1. The van der Waals surface area contributed by atoms with Crippen molar-refractivity contribution in [3.05, 3.63) is 40.7 Å². The number of carbonyl (C=O) groups excluding carboxylic acids is 3. The molecular weight excluding hydrogens is 476 g/mol. The Morgan fingerprint density at radius 1 is 1.30 bits per heavy atom. The van der Waals surface area contributed by atoms with E-state index in [9.17, 15) is 19.6 Å². The number of likely N-dealkylation sites (N-methyl/N-ethyl adjacent to an activating group) is 1. The van der Waals surface area contributed by atoms with Crippen molar-refractivity contribution in [2.75, 3.05) is 69.0 Å². The lowest BCUT2D eigenvalue weighted by Gasteiger charge is -2.33. The molecule has 1 fully saturated rings. The number of pyridine rings is 2. The molecule has 0 atom stereocenters. The fraction of sp³-hybridized carbons (Fsp3) is 0.440. The van der Waals surface area contributed by atoms with Crippen LogP contribution >= 0.6 is 0 Å². The summed E-state index contributed by atoms with van der Waals surface area (Å²) in [6.45, 7) is 3.46. The van der Waals surface area contributed by atoms with Gasteiger partial charge in [0.15, 0.2) is 6.29 Å². The maximum atomic E-state index is 13.2. The Bertz CT molecular complexity index is 1230. The molecule has 2 aromatic rings. The lowest BCUT2D eigenvalue weighted by Crippen LogP contribution is -2.48. The molecule has 12 heteroatoms. The van der Waals surface area contributed by atoms with Crippen molar-refractivity contribution in [3.8, 4) is 6.07 Å². The summed E-state index contributed by atoms with van der Waals surface area (Å²) in [7, 11) is 3.37. The molecule has 0 bridgehead atoms. The van der Waals surface area contributed by atoms with Crippen LogP contribution in [0, 0.1) is 11.3 Å². The summed E-state index contributed by atoms with van der Waals surface area (Å²) in [6.07, 6.45) is 3.55. The van der Waals surface area contributed by atoms with Crippen molar-refractivity contribution >= 4 is 35.5 Å². The minimum absolute atomic E-state index is 0.0427. The van der Waals surface area contributed by atoms with Crippen LogP contribution in [0.15, 0.2) is 18.3 Å². The molecule has 2 N–H and O–H groups in total. The Balaban J connectivity index is 1.52. The highest BCUT2D eigenvalue weighted by atomic mass is 16.5. The highest BCUT2D eigenvalue weighted by molar-refractivity contribution is 6.01. The number of hydrogen-bond acceptors (Lipinski definition) is 9. The molecule has 194 valence electrons. The first kappa shape index (κ1) is 26.0. The SMILES string of the molecule is COCCNc1cc(NC(=O)N2CCCc3cc(CN4CCN(C)C(=O)C4)c(C=O)nc32)ncc1C#N. The van der Waals surface area contributed by atoms with Crippen molar-refractivity contribution in [1.82, 2.24) is 19.8 Å². The van der Waals surface area contributed by atoms with Crippen LogP contribution in [-0.2, 0) is 22.5 Å². The van der Waals surface area contributed by atoms with Crippen molar-refractivity contribution < 1.29 is 19.1 Å². The smallest absolute Gasteiger partial charge is 0.328 e. The number of carbonyl (C=O) groups is 3. The molecule has 0 unspecified atom stereocenters. The molecule has 2 aliphatic rings. The van der Waals surface area contributed by atoms with Crippen LogP contribution in [0.1, 0.15) is 33.6 Å². The monoisotopic (exact) mass is 506 g/mol. The van der Waals surface area contributed by atoms with Gasteiger partial charge in [-0.2, -0.15) is 5.26 Å². The maximum Gasteiger partial charge on any atom is 0.328 e. The summed E-state index contributed by atoms with van der Waals surface area (Å²) < 4.78 is 5.03. The van der Waals surface area contributed by atoms with Crippen LogP contribution in [-0.4, -0.2) is 91.5 Å². The summed E-state index contributed by atoms with van der Waals surface area (Å²) in [5.41, 5.74) is 2.76. The standard InChI is InChI=1S/C25H30N8O4/c1-31-7-8-32(15-23(31)35)14-18-10-17-4-3-6-33(24(17)29-21(18)16-34)25(36)30-22-11-20(27-5-9-37-2)19(12-26)13-28-22/h10-11,13,16H,3-9,14-15H2,1-2H3,(H2,27,28,30,36). The number of hydrogen-bond donors (Lipinski definition) is 2. The van der Waals surface area contributed by atoms with Crippen molar-refractivity contribution in [3.63, 3.8) is 0 Å². The number of nitrogens with zero attached hydrogens (tertiary/aromatic N) is 6. The van der Waals surface area contributed by atoms with Gasteiger partial charge in [0, 0.05) is 59.1 Å². The second-order valence-electron chi connectivity index (χ2n) is 8.99. The predicted molar refractivity (Wildman–Crippen MR) is 137 cm³/mol. The quantitative estimate of drug-likeness (QED) is 0.402. The van der Waals surface area contributed by atoms with Crippen LogP contribution in [0.3, 0.4) is 0 Å². The first-order valence-electron chi connectivity index (χ1n) is 12.1. The van der Waals surface area contributed by atoms with E-state index >= 15 is 0 Å². The molecule has 37 heavy (non-hydrogen) atoms. The highest BCUT2D eigenvalue weighted by Crippen LogP contribution is 2.29. The van der Waals surface area contributed by atoms with Gasteiger partial charge in [0.25, 0.3) is 0 Å². The van der Waals surface area contributed by atoms with E-state index in [4.69, 9.17) is 4.74 Å². The van der Waals surface area contributed by atoms with E-state index in [1.54, 1.807) is 25.1 Å².